The van der Waals surface area contributed by atoms with Crippen LogP contribution in [0.3, 0.4) is 0 Å². The fraction of sp³-hybridized carbons (Fsp3) is 0.409. The number of carbonyl (C=O) groups is 1. The van der Waals surface area contributed by atoms with Crippen molar-refractivity contribution < 1.29 is 23.1 Å². The van der Waals surface area contributed by atoms with E-state index in [9.17, 15) is 18.3 Å². The van der Waals surface area contributed by atoms with Gasteiger partial charge in [0, 0.05) is 10.6 Å². The van der Waals surface area contributed by atoms with Crippen molar-refractivity contribution in [2.45, 2.75) is 51.5 Å². The highest BCUT2D eigenvalue weighted by Gasteiger charge is 2.23. The van der Waals surface area contributed by atoms with Gasteiger partial charge < -0.3 is 9.84 Å². The van der Waals surface area contributed by atoms with E-state index in [1.165, 1.54) is 0 Å². The van der Waals surface area contributed by atoms with Crippen LogP contribution >= 0.6 is 11.6 Å². The average molecular weight is 439 g/mol. The Morgan fingerprint density at radius 1 is 1.14 bits per heavy atom. The van der Waals surface area contributed by atoms with Gasteiger partial charge in [0.2, 0.25) is 0 Å². The van der Waals surface area contributed by atoms with Gasteiger partial charge in [0.05, 0.1) is 10.6 Å². The summed E-state index contributed by atoms with van der Waals surface area (Å²) in [4.78, 5) is 11.9. The molecule has 0 bridgehead atoms. The molecule has 2 aromatic rings. The van der Waals surface area contributed by atoms with E-state index < -0.39 is 21.9 Å². The Bertz CT molecular complexity index is 983. The highest BCUT2D eigenvalue weighted by molar-refractivity contribution is 7.91. The quantitative estimate of drug-likeness (QED) is 0.568. The second-order valence-corrected chi connectivity index (χ2v) is 10.1. The molecule has 2 rings (SSSR count). The lowest BCUT2D eigenvalue weighted by molar-refractivity contribution is -0.145. The maximum atomic E-state index is 12.5. The van der Waals surface area contributed by atoms with E-state index in [1.807, 2.05) is 27.7 Å². The maximum absolute atomic E-state index is 12.5. The Hall–Kier alpha value is -2.05. The van der Waals surface area contributed by atoms with Gasteiger partial charge in [0.1, 0.15) is 5.75 Å². The predicted molar refractivity (Wildman–Crippen MR) is 115 cm³/mol. The van der Waals surface area contributed by atoms with Crippen LogP contribution in [0.15, 0.2) is 41.3 Å². The predicted octanol–water partition coefficient (Wildman–Crippen LogP) is 5.38. The first kappa shape index (κ1) is 23.2. The lowest BCUT2D eigenvalue weighted by Crippen LogP contribution is -2.28. The summed E-state index contributed by atoms with van der Waals surface area (Å²) in [5.74, 6) is -0.494. The van der Waals surface area contributed by atoms with Gasteiger partial charge in [0.15, 0.2) is 15.9 Å². The van der Waals surface area contributed by atoms with Gasteiger partial charge in [-0.2, -0.15) is 0 Å². The van der Waals surface area contributed by atoms with Crippen LogP contribution in [0.5, 0.6) is 5.75 Å². The van der Waals surface area contributed by atoms with Crippen molar-refractivity contribution in [3.05, 3.63) is 47.0 Å². The Labute approximate surface area is 177 Å². The molecule has 0 aliphatic carbocycles. The Morgan fingerprint density at radius 2 is 1.83 bits per heavy atom. The average Bonchev–Trinajstić information content (AvgIpc) is 2.62. The summed E-state index contributed by atoms with van der Waals surface area (Å²) in [5.41, 5.74) is 2.05. The van der Waals surface area contributed by atoms with Crippen molar-refractivity contribution in [2.75, 3.05) is 5.75 Å². The number of sulfone groups is 1. The highest BCUT2D eigenvalue weighted by atomic mass is 35.5. The van der Waals surface area contributed by atoms with Crippen molar-refractivity contribution in [3.63, 3.8) is 0 Å². The second-order valence-electron chi connectivity index (χ2n) is 7.51. The van der Waals surface area contributed by atoms with Gasteiger partial charge in [-0.25, -0.2) is 13.2 Å². The van der Waals surface area contributed by atoms with Crippen LogP contribution in [-0.4, -0.2) is 31.4 Å². The molecule has 0 radical (unpaired) electrons. The van der Waals surface area contributed by atoms with Crippen molar-refractivity contribution in [2.24, 2.45) is 5.92 Å². The summed E-state index contributed by atoms with van der Waals surface area (Å²) in [6, 6.07) is 9.86. The molecule has 1 unspecified atom stereocenters. The minimum absolute atomic E-state index is 0.0594. The molecule has 0 fully saturated rings. The van der Waals surface area contributed by atoms with Crippen LogP contribution in [0.2, 0.25) is 5.02 Å². The number of rotatable bonds is 9. The number of ether oxygens (including phenoxy) is 1. The molecule has 1 N–H and O–H groups in total. The molecule has 0 aromatic heterocycles. The highest BCUT2D eigenvalue weighted by Crippen LogP contribution is 2.37. The van der Waals surface area contributed by atoms with Crippen LogP contribution in [0.25, 0.3) is 11.1 Å². The van der Waals surface area contributed by atoms with Crippen LogP contribution in [0, 0.1) is 12.8 Å². The summed E-state index contributed by atoms with van der Waals surface area (Å²) in [6.07, 6.45) is -0.143. The van der Waals surface area contributed by atoms with Gasteiger partial charge in [-0.15, -0.1) is 0 Å². The van der Waals surface area contributed by atoms with Crippen LogP contribution in [0.4, 0.5) is 0 Å². The molecule has 5 nitrogen and oxygen atoms in total. The molecule has 0 amide bonds. The van der Waals surface area contributed by atoms with E-state index in [-0.39, 0.29) is 16.6 Å². The van der Waals surface area contributed by atoms with Gasteiger partial charge >= 0.3 is 5.97 Å². The van der Waals surface area contributed by atoms with Crippen molar-refractivity contribution in [1.29, 1.82) is 0 Å². The molecule has 1 atom stereocenters. The monoisotopic (exact) mass is 438 g/mol. The molecule has 158 valence electrons. The van der Waals surface area contributed by atoms with Gasteiger partial charge in [-0.3, -0.25) is 0 Å². The summed E-state index contributed by atoms with van der Waals surface area (Å²) in [5, 5.41) is 9.98. The maximum Gasteiger partial charge on any atom is 0.344 e. The van der Waals surface area contributed by atoms with E-state index in [2.05, 4.69) is 0 Å². The Kier molecular flexibility index (Phi) is 7.72. The normalized spacial score (nSPS) is 12.8. The molecule has 0 saturated carbocycles. The van der Waals surface area contributed by atoms with Gasteiger partial charge in [-0.1, -0.05) is 38.4 Å². The number of hydrogen-bond donors (Lipinski definition) is 1. The van der Waals surface area contributed by atoms with Crippen molar-refractivity contribution in [1.82, 2.24) is 0 Å². The molecule has 29 heavy (non-hydrogen) atoms. The lowest BCUT2D eigenvalue weighted by Gasteiger charge is -2.20. The summed E-state index contributed by atoms with van der Waals surface area (Å²) in [7, 11) is -3.40. The van der Waals surface area contributed by atoms with Crippen LogP contribution in [-0.2, 0) is 14.6 Å². The third-order valence-electron chi connectivity index (χ3n) is 4.50. The third kappa shape index (κ3) is 5.97. The lowest BCUT2D eigenvalue weighted by atomic mass is 9.99. The number of carboxylic acids is 1. The number of hydrogen-bond acceptors (Lipinski definition) is 4. The van der Waals surface area contributed by atoms with E-state index in [0.29, 0.717) is 34.7 Å². The molecular weight excluding hydrogens is 412 g/mol. The molecule has 7 heteroatoms. The number of halogens is 1. The zero-order chi connectivity index (χ0) is 21.8. The topological polar surface area (TPSA) is 80.7 Å². The Morgan fingerprint density at radius 3 is 2.41 bits per heavy atom. The first-order chi connectivity index (χ1) is 13.5. The van der Waals surface area contributed by atoms with Crippen molar-refractivity contribution in [3.8, 4) is 16.9 Å². The van der Waals surface area contributed by atoms with E-state index in [4.69, 9.17) is 16.3 Å². The second kappa shape index (κ2) is 9.63. The minimum Gasteiger partial charge on any atom is -0.479 e. The zero-order valence-electron chi connectivity index (χ0n) is 17.1. The molecule has 0 heterocycles. The summed E-state index contributed by atoms with van der Waals surface area (Å²) >= 11 is 6.19. The van der Waals surface area contributed by atoms with E-state index >= 15 is 0 Å². The minimum atomic E-state index is -3.40. The zero-order valence-corrected chi connectivity index (χ0v) is 18.7. The number of carboxylic acid groups (broad SMARTS) is 1. The van der Waals surface area contributed by atoms with E-state index in [0.717, 1.165) is 5.56 Å². The van der Waals surface area contributed by atoms with Crippen molar-refractivity contribution >= 4 is 27.4 Å². The molecule has 0 aliphatic rings. The SMILES string of the molecule is CCCS(=O)(=O)c1ccc(C)c(-c2cc(Cl)ccc2OC(CC(C)C)C(=O)O)c1. The smallest absolute Gasteiger partial charge is 0.344 e. The molecule has 2 aromatic carbocycles. The Balaban J connectivity index is 2.58. The molecule has 0 spiro atoms. The number of aryl methyl sites for hydroxylation is 1. The van der Waals surface area contributed by atoms with Crippen LogP contribution < -0.4 is 4.74 Å². The fourth-order valence-electron chi connectivity index (χ4n) is 3.07. The standard InChI is InChI=1S/C22H27ClO5S/c1-5-10-29(26,27)17-8-6-15(4)18(13-17)19-12-16(23)7-9-20(19)28-21(22(24)25)11-14(2)3/h6-9,12-14,21H,5,10-11H2,1-4H3,(H,24,25). The number of aliphatic carboxylic acids is 1. The summed E-state index contributed by atoms with van der Waals surface area (Å²) < 4.78 is 30.9. The van der Waals surface area contributed by atoms with Crippen LogP contribution in [0.1, 0.15) is 39.2 Å². The molecule has 0 aliphatic heterocycles. The van der Waals surface area contributed by atoms with Gasteiger partial charge in [-0.05, 0) is 67.1 Å². The summed E-state index contributed by atoms with van der Waals surface area (Å²) in [6.45, 7) is 7.53. The number of benzene rings is 2. The third-order valence-corrected chi connectivity index (χ3v) is 6.66. The first-order valence-corrected chi connectivity index (χ1v) is 11.6. The molecular formula is C22H27ClO5S. The first-order valence-electron chi connectivity index (χ1n) is 9.58. The van der Waals surface area contributed by atoms with E-state index in [1.54, 1.807) is 36.4 Å². The molecule has 0 saturated heterocycles. The largest absolute Gasteiger partial charge is 0.479 e. The van der Waals surface area contributed by atoms with Gasteiger partial charge in [0.25, 0.3) is 0 Å². The fourth-order valence-corrected chi connectivity index (χ4v) is 4.59.